The first-order valence-electron chi connectivity index (χ1n) is 6.70. The van der Waals surface area contributed by atoms with Crippen molar-refractivity contribution in [2.45, 2.75) is 29.1 Å². The minimum Gasteiger partial charge on any atom is -0.480 e. The summed E-state index contributed by atoms with van der Waals surface area (Å²) in [4.78, 5) is 11.1. The van der Waals surface area contributed by atoms with Crippen molar-refractivity contribution < 1.29 is 18.3 Å². The Hall–Kier alpha value is -1.25. The molecule has 8 heteroatoms. The van der Waals surface area contributed by atoms with E-state index in [0.717, 1.165) is 19.3 Å². The van der Waals surface area contributed by atoms with E-state index in [1.54, 1.807) is 6.07 Å². The van der Waals surface area contributed by atoms with Crippen LogP contribution >= 0.6 is 12.6 Å². The number of hydrogen-bond donors (Lipinski definition) is 3. The third-order valence-corrected chi connectivity index (χ3v) is 5.62. The van der Waals surface area contributed by atoms with Crippen molar-refractivity contribution in [2.75, 3.05) is 25.0 Å². The van der Waals surface area contributed by atoms with E-state index in [0.29, 0.717) is 23.7 Å². The first-order valence-corrected chi connectivity index (χ1v) is 8.59. The summed E-state index contributed by atoms with van der Waals surface area (Å²) in [7, 11) is -3.49. The van der Waals surface area contributed by atoms with E-state index >= 15 is 0 Å². The van der Waals surface area contributed by atoms with E-state index in [2.05, 4.69) is 17.9 Å². The predicted molar refractivity (Wildman–Crippen MR) is 82.4 cm³/mol. The first-order chi connectivity index (χ1) is 9.91. The van der Waals surface area contributed by atoms with Gasteiger partial charge in [0, 0.05) is 23.7 Å². The molecule has 0 aromatic heterocycles. The smallest absolute Gasteiger partial charge is 0.322 e. The summed E-state index contributed by atoms with van der Waals surface area (Å²) in [6.45, 7) is 0.846. The monoisotopic (exact) mass is 330 g/mol. The van der Waals surface area contributed by atoms with Crippen molar-refractivity contribution in [1.29, 1.82) is 0 Å². The van der Waals surface area contributed by atoms with E-state index in [-0.39, 0.29) is 11.4 Å². The number of benzene rings is 1. The molecule has 1 saturated heterocycles. The summed E-state index contributed by atoms with van der Waals surface area (Å²) < 4.78 is 26.5. The maximum absolute atomic E-state index is 12.5. The lowest BCUT2D eigenvalue weighted by Gasteiger charge is -2.26. The van der Waals surface area contributed by atoms with Gasteiger partial charge in [0.2, 0.25) is 10.0 Å². The molecule has 0 bridgehead atoms. The molecule has 21 heavy (non-hydrogen) atoms. The number of carboxylic acid groups (broad SMARTS) is 1. The summed E-state index contributed by atoms with van der Waals surface area (Å²) in [5.74, 6) is -0.993. The molecule has 1 aliphatic rings. The molecule has 2 rings (SSSR count). The van der Waals surface area contributed by atoms with Gasteiger partial charge in [-0.3, -0.25) is 4.79 Å². The van der Waals surface area contributed by atoms with Crippen LogP contribution < -0.4 is 5.32 Å². The van der Waals surface area contributed by atoms with Gasteiger partial charge in [0.15, 0.2) is 0 Å². The Bertz CT molecular complexity index is 625. The van der Waals surface area contributed by atoms with E-state index in [4.69, 9.17) is 5.11 Å². The SMILES string of the molecule is O=C(O)CNc1ccc(S(=O)(=O)N2CCCCC2)cc1S. The van der Waals surface area contributed by atoms with Crippen LogP contribution in [0.5, 0.6) is 0 Å². The average Bonchev–Trinajstić information content (AvgIpc) is 2.46. The second-order valence-electron chi connectivity index (χ2n) is 4.89. The van der Waals surface area contributed by atoms with Crippen LogP contribution in [0.15, 0.2) is 28.0 Å². The van der Waals surface area contributed by atoms with Crippen LogP contribution in [-0.4, -0.2) is 43.4 Å². The van der Waals surface area contributed by atoms with Crippen molar-refractivity contribution in [3.8, 4) is 0 Å². The van der Waals surface area contributed by atoms with Gasteiger partial charge >= 0.3 is 5.97 Å². The molecule has 1 aromatic carbocycles. The van der Waals surface area contributed by atoms with Crippen molar-refractivity contribution in [3.63, 3.8) is 0 Å². The Kier molecular flexibility index (Phi) is 5.13. The van der Waals surface area contributed by atoms with Crippen LogP contribution in [0.3, 0.4) is 0 Å². The van der Waals surface area contributed by atoms with Crippen LogP contribution in [0.1, 0.15) is 19.3 Å². The van der Waals surface area contributed by atoms with E-state index < -0.39 is 16.0 Å². The Morgan fingerprint density at radius 3 is 2.52 bits per heavy atom. The lowest BCUT2D eigenvalue weighted by molar-refractivity contribution is -0.134. The third kappa shape index (κ3) is 3.90. The fourth-order valence-corrected chi connectivity index (χ4v) is 4.17. The van der Waals surface area contributed by atoms with E-state index in [9.17, 15) is 13.2 Å². The summed E-state index contributed by atoms with van der Waals surface area (Å²) in [5.41, 5.74) is 0.498. The number of carbonyl (C=O) groups is 1. The summed E-state index contributed by atoms with van der Waals surface area (Å²) in [6.07, 6.45) is 2.82. The van der Waals surface area contributed by atoms with Gasteiger partial charge in [0.25, 0.3) is 0 Å². The van der Waals surface area contributed by atoms with Gasteiger partial charge in [-0.1, -0.05) is 6.42 Å². The average molecular weight is 330 g/mol. The van der Waals surface area contributed by atoms with Crippen molar-refractivity contribution >= 4 is 34.3 Å². The lowest BCUT2D eigenvalue weighted by atomic mass is 10.2. The highest BCUT2D eigenvalue weighted by Crippen LogP contribution is 2.26. The molecule has 116 valence electrons. The molecular weight excluding hydrogens is 312 g/mol. The van der Waals surface area contributed by atoms with E-state index in [1.165, 1.54) is 16.4 Å². The topological polar surface area (TPSA) is 86.7 Å². The Balaban J connectivity index is 2.20. The molecule has 0 radical (unpaired) electrons. The number of thiol groups is 1. The van der Waals surface area contributed by atoms with Gasteiger partial charge in [-0.2, -0.15) is 4.31 Å². The molecule has 1 aliphatic heterocycles. The van der Waals surface area contributed by atoms with Crippen molar-refractivity contribution in [2.24, 2.45) is 0 Å². The van der Waals surface area contributed by atoms with Crippen LogP contribution in [0.4, 0.5) is 5.69 Å². The maximum atomic E-state index is 12.5. The van der Waals surface area contributed by atoms with Gasteiger partial charge in [0.05, 0.1) is 4.90 Å². The quantitative estimate of drug-likeness (QED) is 0.715. The summed E-state index contributed by atoms with van der Waals surface area (Å²) in [6, 6.07) is 4.48. The Morgan fingerprint density at radius 1 is 1.29 bits per heavy atom. The molecule has 0 unspecified atom stereocenters. The number of carboxylic acids is 1. The highest BCUT2D eigenvalue weighted by atomic mass is 32.2. The maximum Gasteiger partial charge on any atom is 0.322 e. The highest BCUT2D eigenvalue weighted by molar-refractivity contribution is 7.89. The predicted octanol–water partition coefficient (Wildman–Crippen LogP) is 1.65. The van der Waals surface area contributed by atoms with Crippen LogP contribution in [0.25, 0.3) is 0 Å². The number of hydrogen-bond acceptors (Lipinski definition) is 5. The number of rotatable bonds is 5. The fraction of sp³-hybridized carbons (Fsp3) is 0.462. The standard InChI is InChI=1S/C13H18N2O4S2/c16-13(17)9-14-11-5-4-10(8-12(11)20)21(18,19)15-6-2-1-3-7-15/h4-5,8,14,20H,1-3,6-7,9H2,(H,16,17). The number of anilines is 1. The van der Waals surface area contributed by atoms with Crippen LogP contribution in [-0.2, 0) is 14.8 Å². The summed E-state index contributed by atoms with van der Waals surface area (Å²) >= 11 is 4.23. The molecule has 1 heterocycles. The van der Waals surface area contributed by atoms with Crippen molar-refractivity contribution in [3.05, 3.63) is 18.2 Å². The van der Waals surface area contributed by atoms with Gasteiger partial charge in [-0.25, -0.2) is 8.42 Å². The second-order valence-corrected chi connectivity index (χ2v) is 7.31. The molecular formula is C13H18N2O4S2. The minimum atomic E-state index is -3.49. The number of piperidine rings is 1. The Labute approximate surface area is 129 Å². The number of aliphatic carboxylic acids is 1. The summed E-state index contributed by atoms with van der Waals surface area (Å²) in [5, 5.41) is 11.3. The van der Waals surface area contributed by atoms with Gasteiger partial charge < -0.3 is 10.4 Å². The first kappa shape index (κ1) is 16.1. The minimum absolute atomic E-state index is 0.190. The fourth-order valence-electron chi connectivity index (χ4n) is 2.25. The molecule has 0 amide bonds. The van der Waals surface area contributed by atoms with Crippen molar-refractivity contribution in [1.82, 2.24) is 4.31 Å². The largest absolute Gasteiger partial charge is 0.480 e. The number of nitrogens with zero attached hydrogens (tertiary/aromatic N) is 1. The number of sulfonamides is 1. The zero-order valence-electron chi connectivity index (χ0n) is 11.4. The van der Waals surface area contributed by atoms with E-state index in [1.807, 2.05) is 0 Å². The molecule has 2 N–H and O–H groups in total. The molecule has 0 atom stereocenters. The molecule has 0 spiro atoms. The molecule has 6 nitrogen and oxygen atoms in total. The molecule has 1 aromatic rings. The Morgan fingerprint density at radius 2 is 1.95 bits per heavy atom. The van der Waals surface area contributed by atoms with Gasteiger partial charge in [0.1, 0.15) is 6.54 Å². The molecule has 1 fully saturated rings. The third-order valence-electron chi connectivity index (χ3n) is 3.35. The zero-order valence-corrected chi connectivity index (χ0v) is 13.2. The van der Waals surface area contributed by atoms with Crippen LogP contribution in [0, 0.1) is 0 Å². The lowest BCUT2D eigenvalue weighted by Crippen LogP contribution is -2.35. The van der Waals surface area contributed by atoms with Gasteiger partial charge in [-0.05, 0) is 31.0 Å². The second kappa shape index (κ2) is 6.67. The zero-order chi connectivity index (χ0) is 15.5. The normalized spacial score (nSPS) is 16.6. The van der Waals surface area contributed by atoms with Crippen LogP contribution in [0.2, 0.25) is 0 Å². The molecule has 0 aliphatic carbocycles. The highest BCUT2D eigenvalue weighted by Gasteiger charge is 2.26. The number of nitrogens with one attached hydrogen (secondary N) is 1. The van der Waals surface area contributed by atoms with Gasteiger partial charge in [-0.15, -0.1) is 12.6 Å². The molecule has 0 saturated carbocycles.